The fourth-order valence-electron chi connectivity index (χ4n) is 2.02. The lowest BCUT2D eigenvalue weighted by Gasteiger charge is -2.18. The van der Waals surface area contributed by atoms with Crippen molar-refractivity contribution < 1.29 is 18.0 Å². The van der Waals surface area contributed by atoms with Crippen LogP contribution in [0.15, 0.2) is 47.5 Å². The van der Waals surface area contributed by atoms with E-state index in [4.69, 9.17) is 0 Å². The van der Waals surface area contributed by atoms with Crippen molar-refractivity contribution in [3.63, 3.8) is 0 Å². The van der Waals surface area contributed by atoms with E-state index in [0.717, 1.165) is 29.3 Å². The molecule has 24 heavy (non-hydrogen) atoms. The number of aromatic nitrogens is 1. The average Bonchev–Trinajstić information content (AvgIpc) is 2.58. The molecule has 0 bridgehead atoms. The van der Waals surface area contributed by atoms with Gasteiger partial charge in [-0.05, 0) is 36.4 Å². The van der Waals surface area contributed by atoms with Gasteiger partial charge in [-0.3, -0.25) is 9.69 Å². The number of nitrogens with zero attached hydrogens (tertiary/aromatic N) is 2. The molecule has 0 fully saturated rings. The number of carbonyl (C=O) groups is 1. The molecule has 0 atom stereocenters. The van der Waals surface area contributed by atoms with Crippen LogP contribution in [0.3, 0.4) is 0 Å². The van der Waals surface area contributed by atoms with Crippen LogP contribution in [0.5, 0.6) is 0 Å². The maximum absolute atomic E-state index is 12.7. The van der Waals surface area contributed by atoms with Crippen LogP contribution in [0, 0.1) is 0 Å². The second-order valence-corrected chi connectivity index (χ2v) is 6.25. The van der Waals surface area contributed by atoms with Crippen molar-refractivity contribution in [1.29, 1.82) is 0 Å². The lowest BCUT2D eigenvalue weighted by Crippen LogP contribution is -2.27. The summed E-state index contributed by atoms with van der Waals surface area (Å²) in [5.74, 6) is 0.747. The van der Waals surface area contributed by atoms with Crippen molar-refractivity contribution in [3.05, 3.63) is 53.7 Å². The highest BCUT2D eigenvalue weighted by atomic mass is 32.2. The van der Waals surface area contributed by atoms with Crippen LogP contribution in [0.25, 0.3) is 0 Å². The maximum Gasteiger partial charge on any atom is 0.417 e. The number of hydrogen-bond acceptors (Lipinski definition) is 3. The van der Waals surface area contributed by atoms with Gasteiger partial charge in [-0.15, -0.1) is 11.8 Å². The predicted octanol–water partition coefficient (Wildman–Crippen LogP) is 4.88. The van der Waals surface area contributed by atoms with Crippen LogP contribution < -0.4 is 4.90 Å². The van der Waals surface area contributed by atoms with Gasteiger partial charge in [-0.2, -0.15) is 13.2 Å². The molecule has 0 unspecified atom stereocenters. The van der Waals surface area contributed by atoms with Crippen molar-refractivity contribution in [3.8, 4) is 0 Å². The lowest BCUT2D eigenvalue weighted by molar-refractivity contribution is -0.137. The molecule has 0 saturated heterocycles. The summed E-state index contributed by atoms with van der Waals surface area (Å²) in [5.41, 5.74) is -0.328. The zero-order valence-electron chi connectivity index (χ0n) is 13.3. The van der Waals surface area contributed by atoms with E-state index >= 15 is 0 Å². The molecule has 0 aliphatic carbocycles. The van der Waals surface area contributed by atoms with Gasteiger partial charge in [0.1, 0.15) is 5.82 Å². The van der Waals surface area contributed by atoms with E-state index in [1.54, 1.807) is 23.9 Å². The summed E-state index contributed by atoms with van der Waals surface area (Å²) in [4.78, 5) is 18.5. The molecule has 0 saturated carbocycles. The van der Waals surface area contributed by atoms with Crippen LogP contribution >= 0.6 is 11.8 Å². The van der Waals surface area contributed by atoms with E-state index in [9.17, 15) is 18.0 Å². The predicted molar refractivity (Wildman–Crippen MR) is 89.4 cm³/mol. The monoisotopic (exact) mass is 354 g/mol. The third kappa shape index (κ3) is 4.29. The van der Waals surface area contributed by atoms with Gasteiger partial charge >= 0.3 is 6.18 Å². The molecule has 2 rings (SSSR count). The Morgan fingerprint density at radius 3 is 2.50 bits per heavy atom. The van der Waals surface area contributed by atoms with Crippen molar-refractivity contribution >= 4 is 23.5 Å². The van der Waals surface area contributed by atoms with Gasteiger partial charge in [0.25, 0.3) is 5.91 Å². The highest BCUT2D eigenvalue weighted by Gasteiger charge is 2.31. The molecule has 0 aliphatic rings. The van der Waals surface area contributed by atoms with Crippen LogP contribution in [-0.2, 0) is 6.18 Å². The van der Waals surface area contributed by atoms with Gasteiger partial charge in [0.15, 0.2) is 0 Å². The normalized spacial score (nSPS) is 11.4. The molecule has 3 nitrogen and oxygen atoms in total. The molecule has 0 radical (unpaired) electrons. The summed E-state index contributed by atoms with van der Waals surface area (Å²) in [6, 6.07) is 9.30. The van der Waals surface area contributed by atoms with E-state index in [-0.39, 0.29) is 11.7 Å². The van der Waals surface area contributed by atoms with E-state index in [1.807, 2.05) is 12.1 Å². The first-order chi connectivity index (χ1) is 11.3. The Morgan fingerprint density at radius 1 is 1.21 bits per heavy atom. The van der Waals surface area contributed by atoms with Crippen molar-refractivity contribution in [1.82, 2.24) is 4.98 Å². The standard InChI is InChI=1S/C17H17F3N2OS/c1-3-10-24-14-7-5-4-6-13(14)16(23)22(2)15-9-8-12(11-21-15)17(18,19)20/h4-9,11H,3,10H2,1-2H3. The number of hydrogen-bond donors (Lipinski definition) is 0. The highest BCUT2D eigenvalue weighted by molar-refractivity contribution is 7.99. The third-order valence-electron chi connectivity index (χ3n) is 3.30. The summed E-state index contributed by atoms with van der Waals surface area (Å²) >= 11 is 1.58. The molecule has 2 aromatic rings. The Morgan fingerprint density at radius 2 is 1.92 bits per heavy atom. The largest absolute Gasteiger partial charge is 0.417 e. The Kier molecular flexibility index (Phi) is 5.88. The highest BCUT2D eigenvalue weighted by Crippen LogP contribution is 2.30. The molecule has 0 aliphatic heterocycles. The maximum atomic E-state index is 12.7. The molecule has 0 spiro atoms. The van der Waals surface area contributed by atoms with E-state index in [0.29, 0.717) is 5.56 Å². The Hall–Kier alpha value is -2.02. The molecule has 7 heteroatoms. The summed E-state index contributed by atoms with van der Waals surface area (Å²) < 4.78 is 37.8. The number of amides is 1. The van der Waals surface area contributed by atoms with Crippen LogP contribution in [0.2, 0.25) is 0 Å². The zero-order chi connectivity index (χ0) is 17.7. The van der Waals surface area contributed by atoms with Gasteiger partial charge in [0, 0.05) is 18.1 Å². The van der Waals surface area contributed by atoms with Gasteiger partial charge < -0.3 is 0 Å². The molecule has 0 N–H and O–H groups in total. The first kappa shape index (κ1) is 18.3. The number of anilines is 1. The number of thioether (sulfide) groups is 1. The van der Waals surface area contributed by atoms with Gasteiger partial charge in [-0.1, -0.05) is 19.1 Å². The summed E-state index contributed by atoms with van der Waals surface area (Å²) in [5, 5.41) is 0. The minimum atomic E-state index is -4.45. The number of pyridine rings is 1. The van der Waals surface area contributed by atoms with Gasteiger partial charge in [0.05, 0.1) is 11.1 Å². The first-order valence-electron chi connectivity index (χ1n) is 7.37. The van der Waals surface area contributed by atoms with Crippen molar-refractivity contribution in [2.45, 2.75) is 24.4 Å². The summed E-state index contributed by atoms with van der Waals surface area (Å²) in [6.07, 6.45) is -2.74. The third-order valence-corrected chi connectivity index (χ3v) is 4.58. The quantitative estimate of drug-likeness (QED) is 0.718. The first-order valence-corrected chi connectivity index (χ1v) is 8.36. The van der Waals surface area contributed by atoms with E-state index < -0.39 is 11.7 Å². The molecular weight excluding hydrogens is 337 g/mol. The Labute approximate surface area is 142 Å². The molecule has 1 aromatic carbocycles. The summed E-state index contributed by atoms with van der Waals surface area (Å²) in [6.45, 7) is 2.05. The lowest BCUT2D eigenvalue weighted by atomic mass is 10.2. The number of rotatable bonds is 5. The topological polar surface area (TPSA) is 33.2 Å². The number of halogens is 3. The molecular formula is C17H17F3N2OS. The Bertz CT molecular complexity index is 702. The van der Waals surface area contributed by atoms with E-state index in [2.05, 4.69) is 11.9 Å². The van der Waals surface area contributed by atoms with Crippen molar-refractivity contribution in [2.24, 2.45) is 0 Å². The SMILES string of the molecule is CCCSc1ccccc1C(=O)N(C)c1ccc(C(F)(F)F)cn1. The molecule has 1 heterocycles. The minimum absolute atomic E-state index is 0.170. The van der Waals surface area contributed by atoms with Gasteiger partial charge in [0.2, 0.25) is 0 Å². The Balaban J connectivity index is 2.24. The van der Waals surface area contributed by atoms with Crippen LogP contribution in [0.4, 0.5) is 19.0 Å². The zero-order valence-corrected chi connectivity index (χ0v) is 14.1. The molecule has 128 valence electrons. The van der Waals surface area contributed by atoms with Crippen LogP contribution in [-0.4, -0.2) is 23.7 Å². The second kappa shape index (κ2) is 7.70. The van der Waals surface area contributed by atoms with Gasteiger partial charge in [-0.25, -0.2) is 4.98 Å². The van der Waals surface area contributed by atoms with Crippen LogP contribution in [0.1, 0.15) is 29.3 Å². The average molecular weight is 354 g/mol. The second-order valence-electron chi connectivity index (χ2n) is 5.11. The van der Waals surface area contributed by atoms with Crippen molar-refractivity contribution in [2.75, 3.05) is 17.7 Å². The van der Waals surface area contributed by atoms with E-state index in [1.165, 1.54) is 18.0 Å². The smallest absolute Gasteiger partial charge is 0.296 e. The minimum Gasteiger partial charge on any atom is -0.296 e. The number of carbonyl (C=O) groups excluding carboxylic acids is 1. The molecule has 1 amide bonds. The fraction of sp³-hybridized carbons (Fsp3) is 0.294. The molecule has 1 aromatic heterocycles. The number of benzene rings is 1. The number of alkyl halides is 3. The fourth-order valence-corrected chi connectivity index (χ4v) is 2.93. The summed E-state index contributed by atoms with van der Waals surface area (Å²) in [7, 11) is 1.50.